The smallest absolute Gasteiger partial charge is 0.178 e. The van der Waals surface area contributed by atoms with Crippen LogP contribution in [0.25, 0.3) is 11.0 Å². The first-order chi connectivity index (χ1) is 8.69. The number of nitrogens with zero attached hydrogens (tertiary/aromatic N) is 1. The predicted octanol–water partition coefficient (Wildman–Crippen LogP) is 4.46. The third-order valence-electron chi connectivity index (χ3n) is 3.16. The summed E-state index contributed by atoms with van der Waals surface area (Å²) >= 11 is 5.44. The van der Waals surface area contributed by atoms with Gasteiger partial charge in [0.25, 0.3) is 0 Å². The van der Waals surface area contributed by atoms with Crippen LogP contribution in [-0.2, 0) is 0 Å². The van der Waals surface area contributed by atoms with Crippen molar-refractivity contribution in [2.45, 2.75) is 39.7 Å². The zero-order valence-electron chi connectivity index (χ0n) is 11.2. The normalized spacial score (nSPS) is 12.8. The van der Waals surface area contributed by atoms with Crippen LogP contribution >= 0.6 is 12.2 Å². The third-order valence-corrected chi connectivity index (χ3v) is 3.46. The van der Waals surface area contributed by atoms with E-state index in [4.69, 9.17) is 17.0 Å². The van der Waals surface area contributed by atoms with Crippen LogP contribution < -0.4 is 4.74 Å². The van der Waals surface area contributed by atoms with Gasteiger partial charge in [-0.2, -0.15) is 0 Å². The van der Waals surface area contributed by atoms with Crippen LogP contribution in [0, 0.1) is 4.77 Å². The summed E-state index contributed by atoms with van der Waals surface area (Å²) in [7, 11) is 0. The number of aromatic nitrogens is 2. The van der Waals surface area contributed by atoms with Gasteiger partial charge in [-0.1, -0.05) is 19.4 Å². The number of para-hydroxylation sites is 1. The number of hydrogen-bond acceptors (Lipinski definition) is 2. The molecule has 3 nitrogen and oxygen atoms in total. The standard InChI is InChI=1S/C14H20N2OS/c1-4-7-10(3)16-11-8-6-9-12(17-5-2)13(11)15-14(16)18/h6,8-10H,4-5,7H2,1-3H3,(H,15,18). The monoisotopic (exact) mass is 264 g/mol. The Morgan fingerprint density at radius 2 is 2.17 bits per heavy atom. The van der Waals surface area contributed by atoms with Crippen molar-refractivity contribution >= 4 is 23.3 Å². The minimum atomic E-state index is 0.410. The van der Waals surface area contributed by atoms with Gasteiger partial charge in [-0.25, -0.2) is 0 Å². The molecule has 1 N–H and O–H groups in total. The zero-order chi connectivity index (χ0) is 13.1. The molecule has 0 saturated carbocycles. The Kier molecular flexibility index (Phi) is 4.07. The van der Waals surface area contributed by atoms with E-state index in [1.165, 1.54) is 0 Å². The Labute approximate surface area is 113 Å². The van der Waals surface area contributed by atoms with Crippen molar-refractivity contribution in [3.8, 4) is 5.75 Å². The fourth-order valence-electron chi connectivity index (χ4n) is 2.38. The first kappa shape index (κ1) is 13.1. The number of aromatic amines is 1. The van der Waals surface area contributed by atoms with Crippen LogP contribution in [-0.4, -0.2) is 16.2 Å². The number of rotatable bonds is 5. The molecule has 1 heterocycles. The van der Waals surface area contributed by atoms with Crippen molar-refractivity contribution in [3.05, 3.63) is 23.0 Å². The molecule has 0 amide bonds. The lowest BCUT2D eigenvalue weighted by Crippen LogP contribution is -2.04. The molecule has 98 valence electrons. The number of hydrogen-bond donors (Lipinski definition) is 1. The molecular formula is C14H20N2OS. The molecule has 0 aliphatic heterocycles. The van der Waals surface area contributed by atoms with Crippen LogP contribution in [0.4, 0.5) is 0 Å². The Morgan fingerprint density at radius 1 is 1.39 bits per heavy atom. The van der Waals surface area contributed by atoms with Gasteiger partial charge in [-0.3, -0.25) is 0 Å². The maximum Gasteiger partial charge on any atom is 0.178 e. The van der Waals surface area contributed by atoms with Gasteiger partial charge in [0.2, 0.25) is 0 Å². The van der Waals surface area contributed by atoms with E-state index in [-0.39, 0.29) is 0 Å². The van der Waals surface area contributed by atoms with Crippen molar-refractivity contribution in [1.29, 1.82) is 0 Å². The van der Waals surface area contributed by atoms with Crippen LogP contribution in [0.2, 0.25) is 0 Å². The maximum absolute atomic E-state index is 5.64. The van der Waals surface area contributed by atoms with Crippen molar-refractivity contribution < 1.29 is 4.74 Å². The number of fused-ring (bicyclic) bond motifs is 1. The SMILES string of the molecule is CCCC(C)n1c(=S)[nH]c2c(OCC)cccc21. The second-order valence-electron chi connectivity index (χ2n) is 4.52. The number of imidazole rings is 1. The van der Waals surface area contributed by atoms with Gasteiger partial charge in [0, 0.05) is 6.04 Å². The van der Waals surface area contributed by atoms with Gasteiger partial charge >= 0.3 is 0 Å². The first-order valence-electron chi connectivity index (χ1n) is 6.55. The quantitative estimate of drug-likeness (QED) is 0.808. The molecule has 0 fully saturated rings. The van der Waals surface area contributed by atoms with E-state index >= 15 is 0 Å². The lowest BCUT2D eigenvalue weighted by Gasteiger charge is -2.13. The Hall–Kier alpha value is -1.29. The highest BCUT2D eigenvalue weighted by molar-refractivity contribution is 7.71. The lowest BCUT2D eigenvalue weighted by atomic mass is 10.2. The molecule has 2 rings (SSSR count). The minimum absolute atomic E-state index is 0.410. The van der Waals surface area contributed by atoms with Crippen LogP contribution in [0.5, 0.6) is 5.75 Å². The van der Waals surface area contributed by atoms with Gasteiger partial charge in [0.15, 0.2) is 4.77 Å². The highest BCUT2D eigenvalue weighted by Gasteiger charge is 2.13. The van der Waals surface area contributed by atoms with Gasteiger partial charge in [0.05, 0.1) is 12.1 Å². The highest BCUT2D eigenvalue weighted by Crippen LogP contribution is 2.28. The van der Waals surface area contributed by atoms with E-state index in [2.05, 4.69) is 29.5 Å². The Morgan fingerprint density at radius 3 is 2.83 bits per heavy atom. The van der Waals surface area contributed by atoms with Gasteiger partial charge in [-0.15, -0.1) is 0 Å². The molecule has 0 bridgehead atoms. The second kappa shape index (κ2) is 5.57. The third kappa shape index (κ3) is 2.29. The fourth-order valence-corrected chi connectivity index (χ4v) is 2.76. The second-order valence-corrected chi connectivity index (χ2v) is 4.91. The molecule has 1 aromatic heterocycles. The van der Waals surface area contributed by atoms with E-state index in [0.717, 1.165) is 34.4 Å². The number of ether oxygens (including phenoxy) is 1. The Bertz CT molecular complexity index is 585. The van der Waals surface area contributed by atoms with E-state index in [9.17, 15) is 0 Å². The summed E-state index contributed by atoms with van der Waals surface area (Å²) in [5.74, 6) is 0.878. The summed E-state index contributed by atoms with van der Waals surface area (Å²) in [6, 6.07) is 6.50. The molecule has 1 aromatic carbocycles. The van der Waals surface area contributed by atoms with E-state index in [1.54, 1.807) is 0 Å². The molecule has 0 saturated heterocycles. The van der Waals surface area contributed by atoms with Crippen molar-refractivity contribution in [1.82, 2.24) is 9.55 Å². The summed E-state index contributed by atoms with van der Waals surface area (Å²) < 4.78 is 8.60. The Balaban J connectivity index is 2.58. The molecule has 1 unspecified atom stereocenters. The topological polar surface area (TPSA) is 29.9 Å². The molecule has 0 aliphatic rings. The molecule has 0 radical (unpaired) electrons. The summed E-state index contributed by atoms with van der Waals surface area (Å²) in [5.41, 5.74) is 2.14. The lowest BCUT2D eigenvalue weighted by molar-refractivity contribution is 0.343. The molecule has 1 atom stereocenters. The predicted molar refractivity (Wildman–Crippen MR) is 77.9 cm³/mol. The molecular weight excluding hydrogens is 244 g/mol. The van der Waals surface area contributed by atoms with Crippen molar-refractivity contribution in [2.75, 3.05) is 6.61 Å². The van der Waals surface area contributed by atoms with Crippen molar-refractivity contribution in [2.24, 2.45) is 0 Å². The largest absolute Gasteiger partial charge is 0.492 e. The molecule has 0 spiro atoms. The van der Waals surface area contributed by atoms with E-state index < -0.39 is 0 Å². The highest BCUT2D eigenvalue weighted by atomic mass is 32.1. The van der Waals surface area contributed by atoms with Crippen LogP contribution in [0.3, 0.4) is 0 Å². The van der Waals surface area contributed by atoms with Crippen molar-refractivity contribution in [3.63, 3.8) is 0 Å². The molecule has 0 aliphatic carbocycles. The summed E-state index contributed by atoms with van der Waals surface area (Å²) in [5, 5.41) is 0. The zero-order valence-corrected chi connectivity index (χ0v) is 12.0. The first-order valence-corrected chi connectivity index (χ1v) is 6.95. The number of nitrogens with one attached hydrogen (secondary N) is 1. The van der Waals surface area contributed by atoms with E-state index in [1.807, 2.05) is 19.1 Å². The number of benzene rings is 1. The molecule has 4 heteroatoms. The van der Waals surface area contributed by atoms with Gasteiger partial charge < -0.3 is 14.3 Å². The number of H-pyrrole nitrogens is 1. The summed E-state index contributed by atoms with van der Waals surface area (Å²) in [4.78, 5) is 3.27. The minimum Gasteiger partial charge on any atom is -0.492 e. The van der Waals surface area contributed by atoms with E-state index in [0.29, 0.717) is 12.6 Å². The fraction of sp³-hybridized carbons (Fsp3) is 0.500. The average molecular weight is 264 g/mol. The molecule has 18 heavy (non-hydrogen) atoms. The van der Waals surface area contributed by atoms with Crippen LogP contribution in [0.1, 0.15) is 39.7 Å². The molecule has 2 aromatic rings. The summed E-state index contributed by atoms with van der Waals surface area (Å²) in [6.45, 7) is 7.06. The maximum atomic E-state index is 5.64. The van der Waals surface area contributed by atoms with Gasteiger partial charge in [0.1, 0.15) is 11.3 Å². The summed E-state index contributed by atoms with van der Waals surface area (Å²) in [6.07, 6.45) is 2.28. The van der Waals surface area contributed by atoms with Gasteiger partial charge in [-0.05, 0) is 44.6 Å². The average Bonchev–Trinajstić information content (AvgIpc) is 2.67. The van der Waals surface area contributed by atoms with Crippen LogP contribution in [0.15, 0.2) is 18.2 Å².